The molecule has 7 atom stereocenters. The number of halogens is 1. The zero-order valence-electron chi connectivity index (χ0n) is 20.6. The molecule has 2 aliphatic rings. The van der Waals surface area contributed by atoms with Crippen LogP contribution >= 0.6 is 11.3 Å². The van der Waals surface area contributed by atoms with Gasteiger partial charge in [-0.15, -0.1) is 11.3 Å². The van der Waals surface area contributed by atoms with Gasteiger partial charge < -0.3 is 21.1 Å². The molecule has 35 heavy (non-hydrogen) atoms. The Balaban J connectivity index is 1.39. The van der Waals surface area contributed by atoms with Crippen molar-refractivity contribution in [3.8, 4) is 0 Å². The summed E-state index contributed by atoms with van der Waals surface area (Å²) in [6.45, 7) is 6.74. The third-order valence-electron chi connectivity index (χ3n) is 8.36. The lowest BCUT2D eigenvalue weighted by atomic mass is 9.52. The summed E-state index contributed by atoms with van der Waals surface area (Å²) >= 11 is 1.61. The molecule has 2 fully saturated rings. The summed E-state index contributed by atoms with van der Waals surface area (Å²) in [6, 6.07) is 9.28. The number of carbonyl (C=O) groups is 2. The summed E-state index contributed by atoms with van der Waals surface area (Å²) in [5, 5.41) is 22.3. The molecule has 1 aromatic heterocycles. The summed E-state index contributed by atoms with van der Waals surface area (Å²) in [6.07, 6.45) is 2.86. The van der Waals surface area contributed by atoms with Gasteiger partial charge >= 0.3 is 6.03 Å². The summed E-state index contributed by atoms with van der Waals surface area (Å²) in [5.41, 5.74) is 0.371. The van der Waals surface area contributed by atoms with Crippen LogP contribution in [0.5, 0.6) is 0 Å². The minimum Gasteiger partial charge on any atom is -0.392 e. The Morgan fingerprint density at radius 1 is 1.23 bits per heavy atom. The number of fused-ring (bicyclic) bond motifs is 1. The summed E-state index contributed by atoms with van der Waals surface area (Å²) in [4.78, 5) is 26.6. The molecule has 0 bridgehead atoms. The Morgan fingerprint density at radius 2 is 2.00 bits per heavy atom. The molecule has 2 aliphatic carbocycles. The van der Waals surface area contributed by atoms with Crippen LogP contribution < -0.4 is 16.0 Å². The molecule has 0 spiro atoms. The fourth-order valence-electron chi connectivity index (χ4n) is 6.34. The van der Waals surface area contributed by atoms with Crippen molar-refractivity contribution in [2.24, 2.45) is 29.1 Å². The normalized spacial score (nSPS) is 31.2. The van der Waals surface area contributed by atoms with Crippen LogP contribution in [0.4, 0.5) is 14.9 Å². The number of rotatable bonds is 6. The van der Waals surface area contributed by atoms with Gasteiger partial charge in [0.05, 0.1) is 12.6 Å². The number of anilines is 1. The van der Waals surface area contributed by atoms with Gasteiger partial charge in [0.15, 0.2) is 0 Å². The average Bonchev–Trinajstić information content (AvgIpc) is 3.33. The van der Waals surface area contributed by atoms with Crippen molar-refractivity contribution < 1.29 is 19.1 Å². The number of hydrogen-bond acceptors (Lipinski definition) is 4. The number of aliphatic hydroxyl groups is 1. The minimum absolute atomic E-state index is 0.0259. The van der Waals surface area contributed by atoms with Gasteiger partial charge in [-0.3, -0.25) is 4.79 Å². The summed E-state index contributed by atoms with van der Waals surface area (Å²) < 4.78 is 13.5. The Bertz CT molecular complexity index is 1030. The molecule has 2 aromatic rings. The van der Waals surface area contributed by atoms with Gasteiger partial charge in [0.2, 0.25) is 5.91 Å². The molecule has 0 aliphatic heterocycles. The standard InChI is InChI=1S/C27H36FN3O3S/c1-16(25(33)29-15-20-8-5-13-35-20)21-9-11-27(3)12-10-22(17(2)23(27)24(21)32)31-26(34)30-19-7-4-6-18(28)14-19/h4-8,13-14,16-17,21-24,32H,9-12,15H2,1-3H3,(H,29,33)(H2,30,31,34)/t16-,17+,21+,22-,23+,24-,27-/m0/s1. The lowest BCUT2D eigenvalue weighted by Gasteiger charge is -2.56. The SMILES string of the molecule is C[C@H]1[C@@H]2[C@@H](O)[C@@H]([C@H](C)C(=O)NCc3cccs3)CC[C@@]2(C)CC[C@@H]1NC(=O)Nc1cccc(F)c1. The van der Waals surface area contributed by atoms with Crippen LogP contribution in [0.3, 0.4) is 0 Å². The first-order chi connectivity index (χ1) is 16.7. The maximum Gasteiger partial charge on any atom is 0.319 e. The predicted octanol–water partition coefficient (Wildman–Crippen LogP) is 5.15. The van der Waals surface area contributed by atoms with E-state index < -0.39 is 11.9 Å². The number of hydrogen-bond donors (Lipinski definition) is 4. The van der Waals surface area contributed by atoms with E-state index in [-0.39, 0.29) is 47.1 Å². The topological polar surface area (TPSA) is 90.5 Å². The van der Waals surface area contributed by atoms with Crippen LogP contribution in [0.25, 0.3) is 0 Å². The van der Waals surface area contributed by atoms with Crippen molar-refractivity contribution in [3.05, 3.63) is 52.5 Å². The van der Waals surface area contributed by atoms with E-state index in [1.54, 1.807) is 23.5 Å². The van der Waals surface area contributed by atoms with Crippen molar-refractivity contribution in [1.29, 1.82) is 0 Å². The zero-order chi connectivity index (χ0) is 25.2. The van der Waals surface area contributed by atoms with E-state index in [0.29, 0.717) is 12.2 Å². The number of benzene rings is 1. The van der Waals surface area contributed by atoms with Gasteiger partial charge in [-0.05, 0) is 78.5 Å². The van der Waals surface area contributed by atoms with Gasteiger partial charge in [0.1, 0.15) is 5.82 Å². The van der Waals surface area contributed by atoms with Crippen molar-refractivity contribution in [3.63, 3.8) is 0 Å². The highest BCUT2D eigenvalue weighted by atomic mass is 32.1. The van der Waals surface area contributed by atoms with Crippen LogP contribution in [-0.4, -0.2) is 29.2 Å². The lowest BCUT2D eigenvalue weighted by molar-refractivity contribution is -0.142. The zero-order valence-corrected chi connectivity index (χ0v) is 21.4. The molecule has 0 unspecified atom stereocenters. The van der Waals surface area contributed by atoms with Crippen LogP contribution in [-0.2, 0) is 11.3 Å². The first-order valence-electron chi connectivity index (χ1n) is 12.5. The second-order valence-electron chi connectivity index (χ2n) is 10.6. The number of carbonyl (C=O) groups excluding carboxylic acids is 2. The Labute approximate surface area is 210 Å². The monoisotopic (exact) mass is 501 g/mol. The molecule has 8 heteroatoms. The first kappa shape index (κ1) is 25.6. The van der Waals surface area contributed by atoms with Crippen molar-refractivity contribution in [2.45, 2.75) is 65.1 Å². The van der Waals surface area contributed by atoms with Crippen LogP contribution in [0, 0.1) is 34.9 Å². The quantitative estimate of drug-likeness (QED) is 0.441. The highest BCUT2D eigenvalue weighted by molar-refractivity contribution is 7.09. The van der Waals surface area contributed by atoms with Crippen molar-refractivity contribution >= 4 is 29.0 Å². The van der Waals surface area contributed by atoms with Crippen molar-refractivity contribution in [1.82, 2.24) is 10.6 Å². The molecule has 0 radical (unpaired) electrons. The molecule has 4 N–H and O–H groups in total. The van der Waals surface area contributed by atoms with Gasteiger partial charge in [-0.25, -0.2) is 9.18 Å². The van der Waals surface area contributed by atoms with E-state index >= 15 is 0 Å². The fourth-order valence-corrected chi connectivity index (χ4v) is 6.99. The maximum absolute atomic E-state index is 13.5. The summed E-state index contributed by atoms with van der Waals surface area (Å²) in [7, 11) is 0. The third-order valence-corrected chi connectivity index (χ3v) is 9.24. The summed E-state index contributed by atoms with van der Waals surface area (Å²) in [5.74, 6) is -0.855. The Morgan fingerprint density at radius 3 is 2.71 bits per heavy atom. The average molecular weight is 502 g/mol. The molecular weight excluding hydrogens is 465 g/mol. The number of urea groups is 1. The molecular formula is C27H36FN3O3S. The van der Waals surface area contributed by atoms with Gasteiger partial charge in [0, 0.05) is 22.5 Å². The molecule has 0 saturated heterocycles. The molecule has 190 valence electrons. The van der Waals surface area contributed by atoms with E-state index in [0.717, 1.165) is 30.6 Å². The van der Waals surface area contributed by atoms with Crippen LogP contribution in [0.15, 0.2) is 41.8 Å². The van der Waals surface area contributed by atoms with Crippen LogP contribution in [0.1, 0.15) is 51.3 Å². The van der Waals surface area contributed by atoms with Gasteiger partial charge in [-0.2, -0.15) is 0 Å². The molecule has 3 amide bonds. The highest BCUT2D eigenvalue weighted by Gasteiger charge is 2.53. The van der Waals surface area contributed by atoms with Gasteiger partial charge in [-0.1, -0.05) is 32.9 Å². The smallest absolute Gasteiger partial charge is 0.319 e. The molecule has 1 heterocycles. The minimum atomic E-state index is -0.623. The Hall–Kier alpha value is -2.45. The Kier molecular flexibility index (Phi) is 7.81. The van der Waals surface area contributed by atoms with E-state index in [1.807, 2.05) is 24.4 Å². The van der Waals surface area contributed by atoms with E-state index in [2.05, 4.69) is 29.8 Å². The molecule has 4 rings (SSSR count). The second-order valence-corrected chi connectivity index (χ2v) is 11.6. The first-order valence-corrected chi connectivity index (χ1v) is 13.4. The van der Waals surface area contributed by atoms with Gasteiger partial charge in [0.25, 0.3) is 0 Å². The molecule has 2 saturated carbocycles. The molecule has 1 aromatic carbocycles. The fraction of sp³-hybridized carbons (Fsp3) is 0.556. The highest BCUT2D eigenvalue weighted by Crippen LogP contribution is 2.55. The largest absolute Gasteiger partial charge is 0.392 e. The number of amides is 3. The van der Waals surface area contributed by atoms with Crippen LogP contribution in [0.2, 0.25) is 0 Å². The van der Waals surface area contributed by atoms with E-state index in [4.69, 9.17) is 0 Å². The van der Waals surface area contributed by atoms with Crippen molar-refractivity contribution in [2.75, 3.05) is 5.32 Å². The second kappa shape index (κ2) is 10.7. The third kappa shape index (κ3) is 5.70. The van der Waals surface area contributed by atoms with E-state index in [1.165, 1.54) is 12.1 Å². The van der Waals surface area contributed by atoms with E-state index in [9.17, 15) is 19.1 Å². The number of thiophene rings is 1. The number of aliphatic hydroxyl groups excluding tert-OH is 1. The molecule has 6 nitrogen and oxygen atoms in total. The number of nitrogens with one attached hydrogen (secondary N) is 3. The maximum atomic E-state index is 13.5. The predicted molar refractivity (Wildman–Crippen MR) is 136 cm³/mol. The lowest BCUT2D eigenvalue weighted by Crippen LogP contribution is -2.58.